The molecule has 212 valence electrons. The minimum Gasteiger partial charge on any atom is -0.508 e. The van der Waals surface area contributed by atoms with Crippen LogP contribution >= 0.6 is 0 Å². The number of carbonyl (C=O) groups is 5. The van der Waals surface area contributed by atoms with Crippen LogP contribution in [-0.4, -0.2) is 76.5 Å². The van der Waals surface area contributed by atoms with Crippen LogP contribution in [-0.2, 0) is 34.9 Å². The SMILES string of the molecule is CNC(=O)[C@@]1(CC(=O)O)CC(=O)OB(C(CC(C)C)NC(=O)C(Cc2ccccc2)NC(=O)c2cnccn2)O1. The van der Waals surface area contributed by atoms with E-state index in [0.29, 0.717) is 0 Å². The number of benzene rings is 1. The van der Waals surface area contributed by atoms with Gasteiger partial charge in [0.05, 0.1) is 25.0 Å². The Kier molecular flexibility index (Phi) is 10.3. The number of likely N-dealkylation sites (N-methyl/N-ethyl adjacent to an activating group) is 1. The smallest absolute Gasteiger partial charge is 0.508 e. The summed E-state index contributed by atoms with van der Waals surface area (Å²) in [6.07, 6.45) is 3.01. The largest absolute Gasteiger partial charge is 0.552 e. The van der Waals surface area contributed by atoms with Gasteiger partial charge in [-0.05, 0) is 17.9 Å². The van der Waals surface area contributed by atoms with Gasteiger partial charge in [-0.15, -0.1) is 0 Å². The van der Waals surface area contributed by atoms with E-state index in [2.05, 4.69) is 25.9 Å². The molecule has 1 aliphatic rings. The first-order chi connectivity index (χ1) is 19.0. The summed E-state index contributed by atoms with van der Waals surface area (Å²) in [7, 11) is -0.164. The van der Waals surface area contributed by atoms with Gasteiger partial charge in [-0.1, -0.05) is 44.2 Å². The molecule has 0 bridgehead atoms. The van der Waals surface area contributed by atoms with Crippen LogP contribution in [0.25, 0.3) is 0 Å². The summed E-state index contributed by atoms with van der Waals surface area (Å²) in [6, 6.07) is 7.94. The first-order valence-corrected chi connectivity index (χ1v) is 12.8. The summed E-state index contributed by atoms with van der Waals surface area (Å²) < 4.78 is 11.2. The number of hydrogen-bond donors (Lipinski definition) is 4. The Morgan fingerprint density at radius 1 is 1.12 bits per heavy atom. The number of nitrogens with zero attached hydrogens (tertiary/aromatic N) is 2. The lowest BCUT2D eigenvalue weighted by Gasteiger charge is -2.39. The number of rotatable bonds is 12. The second kappa shape index (κ2) is 13.6. The van der Waals surface area contributed by atoms with Crippen molar-refractivity contribution in [2.24, 2.45) is 5.92 Å². The molecule has 40 heavy (non-hydrogen) atoms. The van der Waals surface area contributed by atoms with E-state index in [9.17, 15) is 29.1 Å². The fourth-order valence-corrected chi connectivity index (χ4v) is 4.38. The summed E-state index contributed by atoms with van der Waals surface area (Å²) in [6.45, 7) is 3.73. The van der Waals surface area contributed by atoms with Gasteiger partial charge in [0, 0.05) is 25.9 Å². The van der Waals surface area contributed by atoms with Crippen molar-refractivity contribution in [2.75, 3.05) is 7.05 Å². The minimum atomic E-state index is -2.02. The van der Waals surface area contributed by atoms with Crippen molar-refractivity contribution in [1.29, 1.82) is 0 Å². The maximum atomic E-state index is 13.6. The number of aromatic nitrogens is 2. The molecule has 0 saturated carbocycles. The van der Waals surface area contributed by atoms with Gasteiger partial charge in [0.1, 0.15) is 11.7 Å². The highest BCUT2D eigenvalue weighted by molar-refractivity contribution is 6.50. The zero-order valence-corrected chi connectivity index (χ0v) is 22.5. The average molecular weight is 553 g/mol. The Morgan fingerprint density at radius 3 is 2.45 bits per heavy atom. The Hall–Kier alpha value is -4.33. The molecule has 3 atom stereocenters. The first-order valence-electron chi connectivity index (χ1n) is 12.8. The molecule has 13 nitrogen and oxygen atoms in total. The van der Waals surface area contributed by atoms with Crippen molar-refractivity contribution in [3.63, 3.8) is 0 Å². The topological polar surface area (TPSA) is 186 Å². The molecule has 1 saturated heterocycles. The predicted molar refractivity (Wildman–Crippen MR) is 141 cm³/mol. The van der Waals surface area contributed by atoms with Gasteiger partial charge < -0.3 is 30.4 Å². The van der Waals surface area contributed by atoms with Gasteiger partial charge in [-0.25, -0.2) is 4.98 Å². The van der Waals surface area contributed by atoms with Crippen LogP contribution in [0.2, 0.25) is 0 Å². The molecule has 3 amide bonds. The van der Waals surface area contributed by atoms with E-state index < -0.39 is 67.2 Å². The summed E-state index contributed by atoms with van der Waals surface area (Å²) in [5, 5.41) is 17.3. The summed E-state index contributed by atoms with van der Waals surface area (Å²) in [5.74, 6) is -5.24. The van der Waals surface area contributed by atoms with Crippen LogP contribution in [0.5, 0.6) is 0 Å². The normalized spacial score (nSPS) is 18.3. The molecule has 2 heterocycles. The number of nitrogens with one attached hydrogen (secondary N) is 3. The van der Waals surface area contributed by atoms with Crippen LogP contribution in [0.3, 0.4) is 0 Å². The van der Waals surface area contributed by atoms with E-state index in [1.807, 2.05) is 19.9 Å². The molecule has 1 aliphatic heterocycles. The van der Waals surface area contributed by atoms with E-state index in [1.54, 1.807) is 24.3 Å². The lowest BCUT2D eigenvalue weighted by atomic mass is 9.70. The second-order valence-electron chi connectivity index (χ2n) is 9.85. The van der Waals surface area contributed by atoms with Crippen molar-refractivity contribution in [2.45, 2.75) is 57.1 Å². The number of amides is 3. The monoisotopic (exact) mass is 553 g/mol. The highest BCUT2D eigenvalue weighted by atomic mass is 16.6. The number of hydrogen-bond acceptors (Lipinski definition) is 9. The molecular formula is C26H32BN5O8. The summed E-state index contributed by atoms with van der Waals surface area (Å²) in [5.41, 5.74) is -1.24. The van der Waals surface area contributed by atoms with Crippen molar-refractivity contribution in [1.82, 2.24) is 25.9 Å². The molecular weight excluding hydrogens is 521 g/mol. The van der Waals surface area contributed by atoms with E-state index in [1.165, 1.54) is 25.6 Å². The van der Waals surface area contributed by atoms with Crippen LogP contribution in [0.4, 0.5) is 0 Å². The molecule has 0 radical (unpaired) electrons. The Bertz CT molecular complexity index is 1210. The Balaban J connectivity index is 1.89. The minimum absolute atomic E-state index is 0.0145. The maximum absolute atomic E-state index is 13.6. The fraction of sp³-hybridized carbons (Fsp3) is 0.423. The second-order valence-corrected chi connectivity index (χ2v) is 9.85. The first kappa shape index (κ1) is 30.2. The third kappa shape index (κ3) is 8.09. The van der Waals surface area contributed by atoms with Crippen LogP contribution in [0, 0.1) is 5.92 Å². The van der Waals surface area contributed by atoms with E-state index in [4.69, 9.17) is 9.31 Å². The van der Waals surface area contributed by atoms with E-state index in [-0.39, 0.29) is 24.5 Å². The van der Waals surface area contributed by atoms with Gasteiger partial charge in [-0.3, -0.25) is 29.0 Å². The summed E-state index contributed by atoms with van der Waals surface area (Å²) in [4.78, 5) is 71.2. The van der Waals surface area contributed by atoms with Gasteiger partial charge >= 0.3 is 13.1 Å². The van der Waals surface area contributed by atoms with Crippen LogP contribution in [0.15, 0.2) is 48.9 Å². The third-order valence-corrected chi connectivity index (χ3v) is 6.18. The Labute approximate surface area is 231 Å². The average Bonchev–Trinajstić information content (AvgIpc) is 2.91. The van der Waals surface area contributed by atoms with Gasteiger partial charge in [0.25, 0.3) is 17.8 Å². The fourth-order valence-electron chi connectivity index (χ4n) is 4.38. The van der Waals surface area contributed by atoms with Crippen molar-refractivity contribution >= 4 is 36.8 Å². The molecule has 3 rings (SSSR count). The molecule has 14 heteroatoms. The van der Waals surface area contributed by atoms with E-state index in [0.717, 1.165) is 5.56 Å². The molecule has 1 fully saturated rings. The maximum Gasteiger partial charge on any atom is 0.552 e. The zero-order valence-electron chi connectivity index (χ0n) is 22.5. The van der Waals surface area contributed by atoms with Crippen LogP contribution in [0.1, 0.15) is 49.2 Å². The summed E-state index contributed by atoms with van der Waals surface area (Å²) >= 11 is 0. The Morgan fingerprint density at radius 2 is 1.85 bits per heavy atom. The van der Waals surface area contributed by atoms with Gasteiger partial charge in [-0.2, -0.15) is 0 Å². The lowest BCUT2D eigenvalue weighted by molar-refractivity contribution is -0.164. The number of carbonyl (C=O) groups excluding carboxylic acids is 4. The molecule has 1 aromatic heterocycles. The highest BCUT2D eigenvalue weighted by Crippen LogP contribution is 2.30. The van der Waals surface area contributed by atoms with Crippen molar-refractivity contribution in [3.8, 4) is 0 Å². The third-order valence-electron chi connectivity index (χ3n) is 6.18. The molecule has 4 N–H and O–H groups in total. The predicted octanol–water partition coefficient (Wildman–Crippen LogP) is 0.299. The van der Waals surface area contributed by atoms with Gasteiger partial charge in [0.2, 0.25) is 5.91 Å². The number of carboxylic acids is 1. The number of carboxylic acid groups (broad SMARTS) is 1. The van der Waals surface area contributed by atoms with Crippen molar-refractivity contribution in [3.05, 3.63) is 60.2 Å². The molecule has 1 aromatic carbocycles. The molecule has 0 spiro atoms. The molecule has 2 unspecified atom stereocenters. The van der Waals surface area contributed by atoms with Crippen LogP contribution < -0.4 is 16.0 Å². The van der Waals surface area contributed by atoms with Gasteiger partial charge in [0.15, 0.2) is 5.60 Å². The van der Waals surface area contributed by atoms with E-state index >= 15 is 0 Å². The quantitative estimate of drug-likeness (QED) is 0.266. The number of aliphatic carboxylic acids is 1. The standard InChI is InChI=1S/C26H32BN5O8/c1-16(2)11-20(27-39-22(35)14-26(40-27,13-21(33)34)25(38)28-3)32-23(36)18(12-17-7-5-4-6-8-17)31-24(37)19-15-29-9-10-30-19/h4-10,15-16,18,20H,11-14H2,1-3H3,(H,28,38)(H,31,37)(H,32,36)(H,33,34)/t18?,20?,26-/m1/s1. The molecule has 0 aliphatic carbocycles. The zero-order chi connectivity index (χ0) is 29.3. The lowest BCUT2D eigenvalue weighted by Crippen LogP contribution is -2.64. The highest BCUT2D eigenvalue weighted by Gasteiger charge is 2.54. The molecule has 2 aromatic rings. The van der Waals surface area contributed by atoms with Crippen molar-refractivity contribution < 1.29 is 38.4 Å².